The van der Waals surface area contributed by atoms with Gasteiger partial charge in [0.1, 0.15) is 0 Å². The quantitative estimate of drug-likeness (QED) is 0.865. The van der Waals surface area contributed by atoms with Gasteiger partial charge in [0.15, 0.2) is 0 Å². The van der Waals surface area contributed by atoms with Crippen LogP contribution >= 0.6 is 15.9 Å². The number of hydrogen-bond donors (Lipinski definition) is 1. The summed E-state index contributed by atoms with van der Waals surface area (Å²) in [5.74, 6) is -0.844. The normalized spacial score (nSPS) is 18.3. The highest BCUT2D eigenvalue weighted by atomic mass is 79.9. The SMILES string of the molecule is Cc1cc(CCC(=O)N2CCO[C@H](CC(=O)O)C2)ccc1Br. The third kappa shape index (κ3) is 4.81. The maximum atomic E-state index is 12.3. The molecule has 0 spiro atoms. The predicted molar refractivity (Wildman–Crippen MR) is 85.8 cm³/mol. The molecule has 1 aliphatic rings. The summed E-state index contributed by atoms with van der Waals surface area (Å²) in [6.45, 7) is 3.33. The van der Waals surface area contributed by atoms with Gasteiger partial charge in [0, 0.05) is 24.0 Å². The lowest BCUT2D eigenvalue weighted by molar-refractivity contribution is -0.147. The van der Waals surface area contributed by atoms with Crippen molar-refractivity contribution in [2.24, 2.45) is 0 Å². The number of carboxylic acid groups (broad SMARTS) is 1. The van der Waals surface area contributed by atoms with Gasteiger partial charge in [-0.25, -0.2) is 0 Å². The van der Waals surface area contributed by atoms with E-state index < -0.39 is 12.1 Å². The standard InChI is InChI=1S/C16H20BrNO4/c1-11-8-12(2-4-14(11)17)3-5-15(19)18-6-7-22-13(10-18)9-16(20)21/h2,4,8,13H,3,5-7,9-10H2,1H3,(H,20,21)/t13-/m1/s1. The van der Waals surface area contributed by atoms with Crippen LogP contribution < -0.4 is 0 Å². The molecule has 1 aromatic rings. The number of ether oxygens (including phenoxy) is 1. The first-order valence-electron chi connectivity index (χ1n) is 7.32. The van der Waals surface area contributed by atoms with Crippen LogP contribution in [-0.2, 0) is 20.7 Å². The molecule has 6 heteroatoms. The van der Waals surface area contributed by atoms with Crippen LogP contribution in [0, 0.1) is 6.92 Å². The van der Waals surface area contributed by atoms with Crippen molar-refractivity contribution in [3.05, 3.63) is 33.8 Å². The van der Waals surface area contributed by atoms with Gasteiger partial charge in [-0.1, -0.05) is 28.1 Å². The van der Waals surface area contributed by atoms with Gasteiger partial charge < -0.3 is 14.7 Å². The number of rotatable bonds is 5. The first-order valence-corrected chi connectivity index (χ1v) is 8.11. The van der Waals surface area contributed by atoms with Gasteiger partial charge in [-0.15, -0.1) is 0 Å². The first-order chi connectivity index (χ1) is 10.5. The Kier molecular flexibility index (Phi) is 5.97. The van der Waals surface area contributed by atoms with E-state index in [1.807, 2.05) is 19.1 Å². The van der Waals surface area contributed by atoms with Crippen molar-refractivity contribution in [1.82, 2.24) is 4.90 Å². The number of halogens is 1. The van der Waals surface area contributed by atoms with Gasteiger partial charge in [0.25, 0.3) is 0 Å². The summed E-state index contributed by atoms with van der Waals surface area (Å²) in [5.41, 5.74) is 2.28. The molecule has 1 amide bonds. The third-order valence-corrected chi connectivity index (χ3v) is 4.63. The summed E-state index contributed by atoms with van der Waals surface area (Å²) in [6.07, 6.45) is 0.662. The van der Waals surface area contributed by atoms with Crippen molar-refractivity contribution in [1.29, 1.82) is 0 Å². The van der Waals surface area contributed by atoms with Gasteiger partial charge >= 0.3 is 5.97 Å². The molecule has 0 unspecified atom stereocenters. The van der Waals surface area contributed by atoms with Gasteiger partial charge in [-0.05, 0) is 30.5 Å². The second-order valence-corrected chi connectivity index (χ2v) is 6.37. The Balaban J connectivity index is 1.86. The minimum absolute atomic E-state index is 0.0549. The highest BCUT2D eigenvalue weighted by Gasteiger charge is 2.25. The number of benzene rings is 1. The lowest BCUT2D eigenvalue weighted by Crippen LogP contribution is -2.46. The minimum Gasteiger partial charge on any atom is -0.481 e. The highest BCUT2D eigenvalue weighted by Crippen LogP contribution is 2.18. The molecule has 2 rings (SSSR count). The number of amides is 1. The molecule has 0 aliphatic carbocycles. The van der Waals surface area contributed by atoms with Gasteiger partial charge in [-0.3, -0.25) is 9.59 Å². The van der Waals surface area contributed by atoms with E-state index in [0.717, 1.165) is 15.6 Å². The van der Waals surface area contributed by atoms with Crippen molar-refractivity contribution in [3.8, 4) is 0 Å². The minimum atomic E-state index is -0.898. The molecule has 5 nitrogen and oxygen atoms in total. The molecule has 0 bridgehead atoms. The summed E-state index contributed by atoms with van der Waals surface area (Å²) in [4.78, 5) is 24.7. The van der Waals surface area contributed by atoms with E-state index >= 15 is 0 Å². The van der Waals surface area contributed by atoms with Crippen molar-refractivity contribution in [2.45, 2.75) is 32.3 Å². The van der Waals surface area contributed by atoms with Crippen LogP contribution in [0.15, 0.2) is 22.7 Å². The Morgan fingerprint density at radius 1 is 1.45 bits per heavy atom. The maximum absolute atomic E-state index is 12.3. The Labute approximate surface area is 138 Å². The Morgan fingerprint density at radius 3 is 2.91 bits per heavy atom. The summed E-state index contributed by atoms with van der Waals surface area (Å²) < 4.78 is 6.44. The second-order valence-electron chi connectivity index (χ2n) is 5.51. The lowest BCUT2D eigenvalue weighted by atomic mass is 10.1. The number of carboxylic acids is 1. The van der Waals surface area contributed by atoms with Crippen molar-refractivity contribution in [3.63, 3.8) is 0 Å². The summed E-state index contributed by atoms with van der Waals surface area (Å²) in [5, 5.41) is 8.80. The molecular weight excluding hydrogens is 350 g/mol. The molecule has 1 fully saturated rings. The van der Waals surface area contributed by atoms with Crippen LogP contribution in [0.4, 0.5) is 0 Å². The Hall–Kier alpha value is -1.40. The van der Waals surface area contributed by atoms with E-state index in [1.54, 1.807) is 4.90 Å². The summed E-state index contributed by atoms with van der Waals surface area (Å²) in [6, 6.07) is 6.08. The van der Waals surface area contributed by atoms with Crippen LogP contribution in [0.25, 0.3) is 0 Å². The molecule has 0 saturated carbocycles. The van der Waals surface area contributed by atoms with Gasteiger partial charge in [0.05, 0.1) is 19.1 Å². The third-order valence-electron chi connectivity index (χ3n) is 3.74. The fourth-order valence-electron chi connectivity index (χ4n) is 2.54. The zero-order valence-corrected chi connectivity index (χ0v) is 14.1. The van der Waals surface area contributed by atoms with Gasteiger partial charge in [-0.2, -0.15) is 0 Å². The number of aliphatic carboxylic acids is 1. The number of carbonyl (C=O) groups is 2. The highest BCUT2D eigenvalue weighted by molar-refractivity contribution is 9.10. The molecule has 1 aliphatic heterocycles. The van der Waals surface area contributed by atoms with E-state index in [0.29, 0.717) is 32.5 Å². The lowest BCUT2D eigenvalue weighted by Gasteiger charge is -2.32. The van der Waals surface area contributed by atoms with Crippen molar-refractivity contribution in [2.75, 3.05) is 19.7 Å². The Bertz CT molecular complexity index is 561. The van der Waals surface area contributed by atoms with Crippen molar-refractivity contribution < 1.29 is 19.4 Å². The topological polar surface area (TPSA) is 66.8 Å². The molecule has 1 heterocycles. The predicted octanol–water partition coefficient (Wildman–Crippen LogP) is 2.39. The average Bonchev–Trinajstić information content (AvgIpc) is 2.48. The first kappa shape index (κ1) is 17.0. The number of aryl methyl sites for hydroxylation is 2. The molecule has 1 N–H and O–H groups in total. The summed E-state index contributed by atoms with van der Waals surface area (Å²) >= 11 is 3.46. The number of morpholine rings is 1. The summed E-state index contributed by atoms with van der Waals surface area (Å²) in [7, 11) is 0. The van der Waals surface area contributed by atoms with E-state index in [-0.39, 0.29) is 12.3 Å². The smallest absolute Gasteiger partial charge is 0.306 e. The monoisotopic (exact) mass is 369 g/mol. The van der Waals surface area contributed by atoms with Crippen LogP contribution in [0.5, 0.6) is 0 Å². The van der Waals surface area contributed by atoms with E-state index in [2.05, 4.69) is 22.0 Å². The van der Waals surface area contributed by atoms with Gasteiger partial charge in [0.2, 0.25) is 5.91 Å². The molecular formula is C16H20BrNO4. The van der Waals surface area contributed by atoms with E-state index in [1.165, 1.54) is 0 Å². The molecule has 1 aromatic carbocycles. The second kappa shape index (κ2) is 7.74. The van der Waals surface area contributed by atoms with E-state index in [4.69, 9.17) is 9.84 Å². The fourth-order valence-corrected chi connectivity index (χ4v) is 2.78. The average molecular weight is 370 g/mol. The van der Waals surface area contributed by atoms with Crippen LogP contribution in [0.1, 0.15) is 24.0 Å². The molecule has 0 radical (unpaired) electrons. The molecule has 0 aromatic heterocycles. The number of hydrogen-bond acceptors (Lipinski definition) is 3. The Morgan fingerprint density at radius 2 is 2.23 bits per heavy atom. The zero-order chi connectivity index (χ0) is 16.1. The zero-order valence-electron chi connectivity index (χ0n) is 12.5. The van der Waals surface area contributed by atoms with Crippen molar-refractivity contribution >= 4 is 27.8 Å². The molecule has 1 atom stereocenters. The maximum Gasteiger partial charge on any atom is 0.306 e. The molecule has 22 heavy (non-hydrogen) atoms. The van der Waals surface area contributed by atoms with Crippen LogP contribution in [-0.4, -0.2) is 47.7 Å². The number of nitrogens with zero attached hydrogens (tertiary/aromatic N) is 1. The van der Waals surface area contributed by atoms with Crippen LogP contribution in [0.3, 0.4) is 0 Å². The largest absolute Gasteiger partial charge is 0.481 e. The number of carbonyl (C=O) groups excluding carboxylic acids is 1. The molecule has 120 valence electrons. The van der Waals surface area contributed by atoms with E-state index in [9.17, 15) is 9.59 Å². The fraction of sp³-hybridized carbons (Fsp3) is 0.500. The van der Waals surface area contributed by atoms with Crippen LogP contribution in [0.2, 0.25) is 0 Å². The molecule has 1 saturated heterocycles.